The van der Waals surface area contributed by atoms with Crippen LogP contribution in [0.15, 0.2) is 18.2 Å². The second-order valence-corrected chi connectivity index (χ2v) is 4.76. The predicted molar refractivity (Wildman–Crippen MR) is 68.2 cm³/mol. The van der Waals surface area contributed by atoms with Crippen LogP contribution in [-0.4, -0.2) is 19.8 Å². The molecule has 3 nitrogen and oxygen atoms in total. The fourth-order valence-corrected chi connectivity index (χ4v) is 2.05. The molecule has 1 aliphatic carbocycles. The molecule has 0 amide bonds. The van der Waals surface area contributed by atoms with Crippen molar-refractivity contribution >= 4 is 17.3 Å². The Hall–Kier alpha value is -1.24. The Balaban J connectivity index is 2.13. The molecule has 2 rings (SSSR count). The number of ether oxygens (including phenoxy) is 1. The number of nitrogens with one attached hydrogen (secondary N) is 1. The molecule has 0 saturated heterocycles. The zero-order chi connectivity index (χ0) is 12.3. The molecule has 1 aromatic carbocycles. The van der Waals surface area contributed by atoms with E-state index in [9.17, 15) is 0 Å². The molecule has 0 aliphatic heterocycles. The lowest BCUT2D eigenvalue weighted by atomic mass is 10.1. The molecule has 0 bridgehead atoms. The zero-order valence-corrected chi connectivity index (χ0v) is 10.5. The van der Waals surface area contributed by atoms with Crippen molar-refractivity contribution in [2.24, 2.45) is 5.92 Å². The van der Waals surface area contributed by atoms with E-state index in [0.717, 1.165) is 5.69 Å². The van der Waals surface area contributed by atoms with Crippen molar-refractivity contribution in [1.29, 1.82) is 5.26 Å². The van der Waals surface area contributed by atoms with Crippen LogP contribution in [0.5, 0.6) is 0 Å². The molecule has 1 aliphatic rings. The molecule has 4 heteroatoms. The standard InChI is InChI=1S/C13H15ClN2O/c1-17-8-13(10-3-4-10)16-12-6-9(7-15)2-5-11(12)14/h2,5-6,10,13,16H,3-4,8H2,1H3. The highest BCUT2D eigenvalue weighted by Gasteiger charge is 2.31. The molecule has 1 saturated carbocycles. The Labute approximate surface area is 106 Å². The van der Waals surface area contributed by atoms with Gasteiger partial charge in [0.1, 0.15) is 0 Å². The molecule has 1 aromatic rings. The Morgan fingerprint density at radius 3 is 2.94 bits per heavy atom. The van der Waals surface area contributed by atoms with Crippen LogP contribution >= 0.6 is 11.6 Å². The summed E-state index contributed by atoms with van der Waals surface area (Å²) in [5.74, 6) is 0.664. The minimum absolute atomic E-state index is 0.284. The van der Waals surface area contributed by atoms with Crippen molar-refractivity contribution in [3.8, 4) is 6.07 Å². The number of nitrogens with zero attached hydrogens (tertiary/aromatic N) is 1. The van der Waals surface area contributed by atoms with Gasteiger partial charge in [0.25, 0.3) is 0 Å². The summed E-state index contributed by atoms with van der Waals surface area (Å²) in [5.41, 5.74) is 1.43. The molecule has 1 atom stereocenters. The van der Waals surface area contributed by atoms with Gasteiger partial charge in [-0.3, -0.25) is 0 Å². The molecule has 0 spiro atoms. The van der Waals surface area contributed by atoms with Crippen molar-refractivity contribution in [3.63, 3.8) is 0 Å². The monoisotopic (exact) mass is 250 g/mol. The summed E-state index contributed by atoms with van der Waals surface area (Å²) in [6.07, 6.45) is 2.47. The first-order chi connectivity index (χ1) is 8.24. The zero-order valence-electron chi connectivity index (χ0n) is 9.74. The van der Waals surface area contributed by atoms with E-state index in [0.29, 0.717) is 23.1 Å². The maximum atomic E-state index is 8.87. The first-order valence-corrected chi connectivity index (χ1v) is 6.07. The van der Waals surface area contributed by atoms with E-state index in [-0.39, 0.29) is 6.04 Å². The highest BCUT2D eigenvalue weighted by molar-refractivity contribution is 6.33. The number of methoxy groups -OCH3 is 1. The lowest BCUT2D eigenvalue weighted by Crippen LogP contribution is -2.27. The van der Waals surface area contributed by atoms with Crippen LogP contribution in [0, 0.1) is 17.2 Å². The lowest BCUT2D eigenvalue weighted by molar-refractivity contribution is 0.179. The summed E-state index contributed by atoms with van der Waals surface area (Å²) in [4.78, 5) is 0. The van der Waals surface area contributed by atoms with Crippen molar-refractivity contribution < 1.29 is 4.74 Å². The van der Waals surface area contributed by atoms with Crippen molar-refractivity contribution in [3.05, 3.63) is 28.8 Å². The summed E-state index contributed by atoms with van der Waals surface area (Å²) in [6, 6.07) is 7.65. The first kappa shape index (κ1) is 12.2. The Morgan fingerprint density at radius 1 is 1.59 bits per heavy atom. The summed E-state index contributed by atoms with van der Waals surface area (Å²) in [5, 5.41) is 12.9. The quantitative estimate of drug-likeness (QED) is 0.874. The number of hydrogen-bond acceptors (Lipinski definition) is 3. The topological polar surface area (TPSA) is 45.0 Å². The van der Waals surface area contributed by atoms with E-state index >= 15 is 0 Å². The molecule has 1 unspecified atom stereocenters. The Bertz CT molecular complexity index is 438. The average molecular weight is 251 g/mol. The van der Waals surface area contributed by atoms with Gasteiger partial charge in [-0.25, -0.2) is 0 Å². The van der Waals surface area contributed by atoms with E-state index in [4.69, 9.17) is 21.6 Å². The predicted octanol–water partition coefficient (Wildman–Crippen LogP) is 3.05. The Morgan fingerprint density at radius 2 is 2.35 bits per heavy atom. The molecule has 0 aromatic heterocycles. The number of halogens is 1. The molecule has 1 N–H and O–H groups in total. The van der Waals surface area contributed by atoms with Crippen molar-refractivity contribution in [2.75, 3.05) is 19.0 Å². The highest BCUT2D eigenvalue weighted by atomic mass is 35.5. The van der Waals surface area contributed by atoms with Gasteiger partial charge in [0.15, 0.2) is 0 Å². The van der Waals surface area contributed by atoms with E-state index < -0.39 is 0 Å². The third-order valence-electron chi connectivity index (χ3n) is 2.97. The van der Waals surface area contributed by atoms with Gasteiger partial charge in [0.2, 0.25) is 0 Å². The summed E-state index contributed by atoms with van der Waals surface area (Å²) in [7, 11) is 1.70. The Kier molecular flexibility index (Phi) is 3.88. The first-order valence-electron chi connectivity index (χ1n) is 5.69. The van der Waals surface area contributed by atoms with Gasteiger partial charge in [0, 0.05) is 7.11 Å². The van der Waals surface area contributed by atoms with Gasteiger partial charge in [0.05, 0.1) is 35.0 Å². The number of rotatable bonds is 5. The molecule has 0 heterocycles. The fourth-order valence-electron chi connectivity index (χ4n) is 1.88. The molecule has 17 heavy (non-hydrogen) atoms. The normalized spacial score (nSPS) is 16.3. The van der Waals surface area contributed by atoms with Gasteiger partial charge in [-0.1, -0.05) is 11.6 Å². The maximum absolute atomic E-state index is 8.87. The van der Waals surface area contributed by atoms with E-state index in [1.54, 1.807) is 25.3 Å². The van der Waals surface area contributed by atoms with E-state index in [2.05, 4.69) is 11.4 Å². The minimum Gasteiger partial charge on any atom is -0.383 e. The van der Waals surface area contributed by atoms with Crippen LogP contribution in [0.4, 0.5) is 5.69 Å². The lowest BCUT2D eigenvalue weighted by Gasteiger charge is -2.19. The van der Waals surface area contributed by atoms with Gasteiger partial charge >= 0.3 is 0 Å². The molecular formula is C13H15ClN2O. The summed E-state index contributed by atoms with van der Waals surface area (Å²) < 4.78 is 5.20. The van der Waals surface area contributed by atoms with Crippen molar-refractivity contribution in [2.45, 2.75) is 18.9 Å². The minimum atomic E-state index is 0.284. The second kappa shape index (κ2) is 5.39. The largest absolute Gasteiger partial charge is 0.383 e. The fraction of sp³-hybridized carbons (Fsp3) is 0.462. The van der Waals surface area contributed by atoms with Crippen LogP contribution in [0.25, 0.3) is 0 Å². The van der Waals surface area contributed by atoms with Crippen LogP contribution in [0.2, 0.25) is 5.02 Å². The van der Waals surface area contributed by atoms with Gasteiger partial charge in [-0.05, 0) is 37.0 Å². The van der Waals surface area contributed by atoms with Crippen LogP contribution in [0.3, 0.4) is 0 Å². The van der Waals surface area contributed by atoms with Gasteiger partial charge < -0.3 is 10.1 Å². The summed E-state index contributed by atoms with van der Waals surface area (Å²) in [6.45, 7) is 0.664. The molecule has 1 fully saturated rings. The molecule has 0 radical (unpaired) electrons. The molecular weight excluding hydrogens is 236 g/mol. The SMILES string of the molecule is COCC(Nc1cc(C#N)ccc1Cl)C1CC1. The van der Waals surface area contributed by atoms with Gasteiger partial charge in [-0.15, -0.1) is 0 Å². The number of nitriles is 1. The number of hydrogen-bond donors (Lipinski definition) is 1. The maximum Gasteiger partial charge on any atom is 0.0992 e. The van der Waals surface area contributed by atoms with Crippen LogP contribution < -0.4 is 5.32 Å². The average Bonchev–Trinajstić information content (AvgIpc) is 3.15. The van der Waals surface area contributed by atoms with Crippen LogP contribution in [0.1, 0.15) is 18.4 Å². The number of anilines is 1. The van der Waals surface area contributed by atoms with Crippen molar-refractivity contribution in [1.82, 2.24) is 0 Å². The summed E-state index contributed by atoms with van der Waals surface area (Å²) >= 11 is 6.11. The van der Waals surface area contributed by atoms with E-state index in [1.165, 1.54) is 12.8 Å². The smallest absolute Gasteiger partial charge is 0.0992 e. The third kappa shape index (κ3) is 3.12. The number of benzene rings is 1. The third-order valence-corrected chi connectivity index (χ3v) is 3.30. The van der Waals surface area contributed by atoms with Crippen LogP contribution in [-0.2, 0) is 4.74 Å². The highest BCUT2D eigenvalue weighted by Crippen LogP contribution is 2.35. The van der Waals surface area contributed by atoms with E-state index in [1.807, 2.05) is 0 Å². The molecule has 90 valence electrons. The van der Waals surface area contributed by atoms with Gasteiger partial charge in [-0.2, -0.15) is 5.26 Å². The second-order valence-electron chi connectivity index (χ2n) is 4.35.